The van der Waals surface area contributed by atoms with E-state index in [1.807, 2.05) is 46.6 Å². The molecule has 1 aromatic carbocycles. The molecule has 3 aromatic rings. The lowest BCUT2D eigenvalue weighted by atomic mass is 10.2. The minimum Gasteiger partial charge on any atom is -0.350 e. The molecule has 4 rings (SSSR count). The Hall–Kier alpha value is -2.66. The Bertz CT molecular complexity index is 924. The molecule has 1 unspecified atom stereocenters. The summed E-state index contributed by atoms with van der Waals surface area (Å²) in [5.41, 5.74) is 3.08. The Morgan fingerprint density at radius 1 is 1.30 bits per heavy atom. The maximum absolute atomic E-state index is 12.2. The van der Waals surface area contributed by atoms with E-state index in [4.69, 9.17) is 5.10 Å². The Morgan fingerprint density at radius 3 is 2.81 bits per heavy atom. The number of rotatable bonds is 7. The maximum atomic E-state index is 12.2. The van der Waals surface area contributed by atoms with E-state index in [1.54, 1.807) is 17.4 Å². The average molecular weight is 378 g/mol. The van der Waals surface area contributed by atoms with Crippen molar-refractivity contribution >= 4 is 23.3 Å². The summed E-state index contributed by atoms with van der Waals surface area (Å²) in [5.74, 6) is 0.611. The lowest BCUT2D eigenvalue weighted by molar-refractivity contribution is -0.117. The minimum absolute atomic E-state index is 0.0395. The van der Waals surface area contributed by atoms with Gasteiger partial charge < -0.3 is 5.32 Å². The van der Waals surface area contributed by atoms with Crippen LogP contribution >= 0.6 is 11.3 Å². The summed E-state index contributed by atoms with van der Waals surface area (Å²) in [6.07, 6.45) is 7.95. The Balaban J connectivity index is 1.54. The van der Waals surface area contributed by atoms with Gasteiger partial charge in [0.1, 0.15) is 5.69 Å². The third-order valence-electron chi connectivity index (χ3n) is 4.85. The van der Waals surface area contributed by atoms with Crippen molar-refractivity contribution in [2.75, 3.05) is 0 Å². The first-order chi connectivity index (χ1) is 13.2. The van der Waals surface area contributed by atoms with Gasteiger partial charge in [-0.2, -0.15) is 5.10 Å². The van der Waals surface area contributed by atoms with Crippen LogP contribution in [0.25, 0.3) is 16.6 Å². The first kappa shape index (κ1) is 17.7. The van der Waals surface area contributed by atoms with Crippen LogP contribution in [0.2, 0.25) is 0 Å². The monoisotopic (exact) mass is 377 g/mol. The Morgan fingerprint density at radius 2 is 2.11 bits per heavy atom. The summed E-state index contributed by atoms with van der Waals surface area (Å²) in [5, 5.41) is 9.88. The van der Waals surface area contributed by atoms with Gasteiger partial charge in [0, 0.05) is 23.9 Å². The second kappa shape index (κ2) is 7.92. The SMILES string of the molecule is CC(NC(=O)/C=C/c1cn(Cc2ccccc2)nc1-c1cccs1)C1CC1. The van der Waals surface area contributed by atoms with E-state index in [9.17, 15) is 4.79 Å². The van der Waals surface area contributed by atoms with Gasteiger partial charge in [-0.3, -0.25) is 9.48 Å². The third-order valence-corrected chi connectivity index (χ3v) is 5.72. The average Bonchev–Trinajstić information content (AvgIpc) is 3.24. The summed E-state index contributed by atoms with van der Waals surface area (Å²) in [6.45, 7) is 2.79. The summed E-state index contributed by atoms with van der Waals surface area (Å²) >= 11 is 1.66. The molecule has 0 spiro atoms. The zero-order valence-corrected chi connectivity index (χ0v) is 16.2. The molecule has 1 atom stereocenters. The van der Waals surface area contributed by atoms with Crippen molar-refractivity contribution in [1.82, 2.24) is 15.1 Å². The fraction of sp³-hybridized carbons (Fsp3) is 0.273. The van der Waals surface area contributed by atoms with E-state index in [0.717, 1.165) is 16.1 Å². The molecule has 1 fully saturated rings. The first-order valence-corrected chi connectivity index (χ1v) is 10.2. The van der Waals surface area contributed by atoms with Crippen molar-refractivity contribution < 1.29 is 4.79 Å². The molecule has 0 saturated heterocycles. The molecule has 1 aliphatic carbocycles. The number of hydrogen-bond donors (Lipinski definition) is 1. The molecule has 0 bridgehead atoms. The van der Waals surface area contributed by atoms with E-state index < -0.39 is 0 Å². The number of carbonyl (C=O) groups is 1. The van der Waals surface area contributed by atoms with Gasteiger partial charge in [0.15, 0.2) is 0 Å². The minimum atomic E-state index is -0.0395. The largest absolute Gasteiger partial charge is 0.350 e. The van der Waals surface area contributed by atoms with Crippen LogP contribution in [0.5, 0.6) is 0 Å². The van der Waals surface area contributed by atoms with Gasteiger partial charge in [0.25, 0.3) is 0 Å². The van der Waals surface area contributed by atoms with Crippen molar-refractivity contribution in [2.45, 2.75) is 32.4 Å². The van der Waals surface area contributed by atoms with Crippen LogP contribution in [-0.2, 0) is 11.3 Å². The summed E-state index contributed by atoms with van der Waals surface area (Å²) in [4.78, 5) is 13.3. The number of nitrogens with one attached hydrogen (secondary N) is 1. The van der Waals surface area contributed by atoms with Crippen LogP contribution in [0.1, 0.15) is 30.9 Å². The molecule has 4 nitrogen and oxygen atoms in total. The van der Waals surface area contributed by atoms with Crippen molar-refractivity contribution in [3.8, 4) is 10.6 Å². The van der Waals surface area contributed by atoms with Crippen LogP contribution in [-0.4, -0.2) is 21.7 Å². The normalized spacial score (nSPS) is 15.1. The third kappa shape index (κ3) is 4.55. The highest BCUT2D eigenvalue weighted by atomic mass is 32.1. The standard InChI is InChI=1S/C22H23N3OS/c1-16(18-9-10-18)23-21(26)12-11-19-15-25(14-17-6-3-2-4-7-17)24-22(19)20-8-5-13-27-20/h2-8,11-13,15-16,18H,9-10,14H2,1H3,(H,23,26)/b12-11+. The molecule has 138 valence electrons. The molecule has 0 aliphatic heterocycles. The van der Waals surface area contributed by atoms with Crippen LogP contribution in [0.4, 0.5) is 0 Å². The molecule has 1 aliphatic rings. The van der Waals surface area contributed by atoms with E-state index >= 15 is 0 Å². The highest BCUT2D eigenvalue weighted by Crippen LogP contribution is 2.32. The number of amides is 1. The smallest absolute Gasteiger partial charge is 0.244 e. The van der Waals surface area contributed by atoms with Gasteiger partial charge in [-0.1, -0.05) is 36.4 Å². The highest BCUT2D eigenvalue weighted by Gasteiger charge is 2.28. The number of nitrogens with zero attached hydrogens (tertiary/aromatic N) is 2. The van der Waals surface area contributed by atoms with Gasteiger partial charge in [-0.25, -0.2) is 0 Å². The number of thiophene rings is 1. The molecule has 1 N–H and O–H groups in total. The molecule has 1 amide bonds. The van der Waals surface area contributed by atoms with Crippen molar-refractivity contribution in [3.63, 3.8) is 0 Å². The summed E-state index contributed by atoms with van der Waals surface area (Å²) in [6, 6.07) is 14.6. The first-order valence-electron chi connectivity index (χ1n) is 9.33. The number of hydrogen-bond acceptors (Lipinski definition) is 3. The molecule has 5 heteroatoms. The Labute approximate surface area is 163 Å². The van der Waals surface area contributed by atoms with Crippen molar-refractivity contribution in [1.29, 1.82) is 0 Å². The molecular weight excluding hydrogens is 354 g/mol. The van der Waals surface area contributed by atoms with Crippen molar-refractivity contribution in [2.24, 2.45) is 5.92 Å². The van der Waals surface area contributed by atoms with Crippen LogP contribution in [0, 0.1) is 5.92 Å². The molecule has 1 saturated carbocycles. The predicted octanol–water partition coefficient (Wildman–Crippen LogP) is 4.59. The summed E-state index contributed by atoms with van der Waals surface area (Å²) in [7, 11) is 0. The maximum Gasteiger partial charge on any atom is 0.244 e. The number of benzene rings is 1. The molecule has 0 radical (unpaired) electrons. The topological polar surface area (TPSA) is 46.9 Å². The second-order valence-electron chi connectivity index (χ2n) is 7.06. The molecule has 2 aromatic heterocycles. The lowest BCUT2D eigenvalue weighted by Crippen LogP contribution is -2.32. The second-order valence-corrected chi connectivity index (χ2v) is 8.01. The van der Waals surface area contributed by atoms with Gasteiger partial charge in [0.2, 0.25) is 5.91 Å². The lowest BCUT2D eigenvalue weighted by Gasteiger charge is -2.10. The van der Waals surface area contributed by atoms with Crippen LogP contribution in [0.15, 0.2) is 60.1 Å². The summed E-state index contributed by atoms with van der Waals surface area (Å²) < 4.78 is 1.94. The van der Waals surface area contributed by atoms with Gasteiger partial charge in [-0.05, 0) is 48.8 Å². The van der Waals surface area contributed by atoms with E-state index in [-0.39, 0.29) is 11.9 Å². The van der Waals surface area contributed by atoms with Crippen LogP contribution in [0.3, 0.4) is 0 Å². The fourth-order valence-corrected chi connectivity index (χ4v) is 3.90. The number of carbonyl (C=O) groups excluding carboxylic acids is 1. The Kier molecular flexibility index (Phi) is 5.21. The predicted molar refractivity (Wildman–Crippen MR) is 110 cm³/mol. The quantitative estimate of drug-likeness (QED) is 0.612. The van der Waals surface area contributed by atoms with Gasteiger partial charge in [0.05, 0.1) is 11.4 Å². The zero-order valence-electron chi connectivity index (χ0n) is 15.3. The van der Waals surface area contributed by atoms with E-state index in [2.05, 4.69) is 30.4 Å². The molecule has 2 heterocycles. The van der Waals surface area contributed by atoms with Gasteiger partial charge in [-0.15, -0.1) is 11.3 Å². The highest BCUT2D eigenvalue weighted by molar-refractivity contribution is 7.13. The van der Waals surface area contributed by atoms with Crippen LogP contribution < -0.4 is 5.32 Å². The molecule has 27 heavy (non-hydrogen) atoms. The fourth-order valence-electron chi connectivity index (χ4n) is 3.17. The molecular formula is C22H23N3OS. The number of aromatic nitrogens is 2. The zero-order chi connectivity index (χ0) is 18.6. The van der Waals surface area contributed by atoms with Crippen molar-refractivity contribution in [3.05, 3.63) is 71.2 Å². The van der Waals surface area contributed by atoms with E-state index in [0.29, 0.717) is 12.5 Å². The van der Waals surface area contributed by atoms with Gasteiger partial charge >= 0.3 is 0 Å². The van der Waals surface area contributed by atoms with E-state index in [1.165, 1.54) is 18.4 Å².